The lowest BCUT2D eigenvalue weighted by atomic mass is 10.1. The van der Waals surface area contributed by atoms with Gasteiger partial charge in [0, 0.05) is 20.9 Å². The molecule has 1 aliphatic carbocycles. The van der Waals surface area contributed by atoms with Gasteiger partial charge < -0.3 is 5.32 Å². The van der Waals surface area contributed by atoms with E-state index in [1.54, 1.807) is 0 Å². The van der Waals surface area contributed by atoms with Crippen LogP contribution in [0.2, 0.25) is 0 Å². The van der Waals surface area contributed by atoms with Crippen LogP contribution in [0.5, 0.6) is 0 Å². The molecule has 1 saturated carbocycles. The van der Waals surface area contributed by atoms with Crippen LogP contribution in [0.15, 0.2) is 22.7 Å². The van der Waals surface area contributed by atoms with Gasteiger partial charge in [-0.15, -0.1) is 0 Å². The zero-order valence-electron chi connectivity index (χ0n) is 9.67. The standard InChI is InChI=1S/C13H15Br2NO/c1-8-7-9(5-6-10(8)14)13(17)16-12-4-2-3-11(12)15/h5-7,11-12H,2-4H2,1H3,(H,16,17). The molecular formula is C13H15Br2NO. The molecule has 0 aromatic heterocycles. The number of hydrogen-bond acceptors (Lipinski definition) is 1. The third kappa shape index (κ3) is 3.10. The highest BCUT2D eigenvalue weighted by molar-refractivity contribution is 9.10. The predicted octanol–water partition coefficient (Wildman–Crippen LogP) is 3.80. The first-order valence-electron chi connectivity index (χ1n) is 5.79. The molecule has 1 aliphatic rings. The molecule has 0 bridgehead atoms. The molecule has 2 rings (SSSR count). The number of amides is 1. The second kappa shape index (κ2) is 5.53. The lowest BCUT2D eigenvalue weighted by Crippen LogP contribution is -2.37. The van der Waals surface area contributed by atoms with E-state index in [1.165, 1.54) is 6.42 Å². The minimum Gasteiger partial charge on any atom is -0.348 e. The Morgan fingerprint density at radius 2 is 2.18 bits per heavy atom. The van der Waals surface area contributed by atoms with Gasteiger partial charge in [0.15, 0.2) is 0 Å². The molecule has 1 amide bonds. The van der Waals surface area contributed by atoms with Gasteiger partial charge >= 0.3 is 0 Å². The molecule has 0 heterocycles. The number of carbonyl (C=O) groups excluding carboxylic acids is 1. The molecule has 1 N–H and O–H groups in total. The quantitative estimate of drug-likeness (QED) is 0.798. The lowest BCUT2D eigenvalue weighted by molar-refractivity contribution is 0.0939. The number of aryl methyl sites for hydroxylation is 1. The van der Waals surface area contributed by atoms with Crippen molar-refractivity contribution in [3.05, 3.63) is 33.8 Å². The van der Waals surface area contributed by atoms with Crippen molar-refractivity contribution in [2.75, 3.05) is 0 Å². The number of rotatable bonds is 2. The van der Waals surface area contributed by atoms with Crippen molar-refractivity contribution < 1.29 is 4.79 Å². The van der Waals surface area contributed by atoms with Crippen LogP contribution in [0.25, 0.3) is 0 Å². The maximum atomic E-state index is 12.1. The molecule has 2 atom stereocenters. The van der Waals surface area contributed by atoms with Crippen LogP contribution >= 0.6 is 31.9 Å². The van der Waals surface area contributed by atoms with Gasteiger partial charge in [-0.2, -0.15) is 0 Å². The fraction of sp³-hybridized carbons (Fsp3) is 0.462. The van der Waals surface area contributed by atoms with Crippen LogP contribution in [0.4, 0.5) is 0 Å². The highest BCUT2D eigenvalue weighted by Crippen LogP contribution is 2.26. The van der Waals surface area contributed by atoms with Crippen molar-refractivity contribution in [3.63, 3.8) is 0 Å². The molecule has 0 aliphatic heterocycles. The van der Waals surface area contributed by atoms with E-state index in [0.717, 1.165) is 28.4 Å². The summed E-state index contributed by atoms with van der Waals surface area (Å²) in [5, 5.41) is 3.09. The van der Waals surface area contributed by atoms with Gasteiger partial charge in [0.05, 0.1) is 0 Å². The zero-order chi connectivity index (χ0) is 12.4. The summed E-state index contributed by atoms with van der Waals surface area (Å²) in [4.78, 5) is 12.5. The third-order valence-electron chi connectivity index (χ3n) is 3.17. The van der Waals surface area contributed by atoms with Gasteiger partial charge in [-0.3, -0.25) is 4.79 Å². The predicted molar refractivity (Wildman–Crippen MR) is 76.7 cm³/mol. The van der Waals surface area contributed by atoms with E-state index in [2.05, 4.69) is 37.2 Å². The average Bonchev–Trinajstić information content (AvgIpc) is 2.68. The topological polar surface area (TPSA) is 29.1 Å². The zero-order valence-corrected chi connectivity index (χ0v) is 12.8. The normalized spacial score (nSPS) is 23.7. The van der Waals surface area contributed by atoms with Gasteiger partial charge in [-0.25, -0.2) is 0 Å². The minimum absolute atomic E-state index is 0.0250. The van der Waals surface area contributed by atoms with Gasteiger partial charge in [-0.05, 0) is 43.5 Å². The van der Waals surface area contributed by atoms with Gasteiger partial charge in [0.2, 0.25) is 0 Å². The summed E-state index contributed by atoms with van der Waals surface area (Å²) in [6, 6.07) is 5.96. The second-order valence-electron chi connectivity index (χ2n) is 4.49. The molecule has 2 nitrogen and oxygen atoms in total. The maximum absolute atomic E-state index is 12.1. The molecule has 1 aromatic carbocycles. The summed E-state index contributed by atoms with van der Waals surface area (Å²) in [5.74, 6) is 0.0250. The fourth-order valence-corrected chi connectivity index (χ4v) is 3.08. The summed E-state index contributed by atoms with van der Waals surface area (Å²) in [7, 11) is 0. The molecule has 4 heteroatoms. The number of halogens is 2. The Morgan fingerprint density at radius 1 is 1.41 bits per heavy atom. The van der Waals surface area contributed by atoms with E-state index < -0.39 is 0 Å². The van der Waals surface area contributed by atoms with Crippen LogP contribution in [-0.4, -0.2) is 16.8 Å². The van der Waals surface area contributed by atoms with Gasteiger partial charge in [0.25, 0.3) is 5.91 Å². The van der Waals surface area contributed by atoms with Crippen molar-refractivity contribution in [2.24, 2.45) is 0 Å². The molecule has 92 valence electrons. The van der Waals surface area contributed by atoms with Crippen molar-refractivity contribution in [2.45, 2.75) is 37.1 Å². The first-order valence-corrected chi connectivity index (χ1v) is 7.50. The molecular weight excluding hydrogens is 346 g/mol. The molecule has 1 aromatic rings. The van der Waals surface area contributed by atoms with Gasteiger partial charge in [0.1, 0.15) is 0 Å². The SMILES string of the molecule is Cc1cc(C(=O)NC2CCCC2Br)ccc1Br. The highest BCUT2D eigenvalue weighted by Gasteiger charge is 2.26. The lowest BCUT2D eigenvalue weighted by Gasteiger charge is -2.16. The fourth-order valence-electron chi connectivity index (χ4n) is 2.12. The minimum atomic E-state index is 0.0250. The summed E-state index contributed by atoms with van der Waals surface area (Å²) in [5.41, 5.74) is 1.82. The first-order chi connectivity index (χ1) is 8.08. The smallest absolute Gasteiger partial charge is 0.251 e. The molecule has 2 unspecified atom stereocenters. The Bertz CT molecular complexity index is 433. The summed E-state index contributed by atoms with van der Waals surface area (Å²) in [6.07, 6.45) is 3.39. The Morgan fingerprint density at radius 3 is 2.76 bits per heavy atom. The number of nitrogens with one attached hydrogen (secondary N) is 1. The Balaban J connectivity index is 2.06. The number of carbonyl (C=O) groups is 1. The van der Waals surface area contributed by atoms with Crippen molar-refractivity contribution in [1.82, 2.24) is 5.32 Å². The van der Waals surface area contributed by atoms with Crippen molar-refractivity contribution in [3.8, 4) is 0 Å². The molecule has 0 spiro atoms. The molecule has 0 saturated heterocycles. The summed E-state index contributed by atoms with van der Waals surface area (Å²) >= 11 is 7.05. The number of benzene rings is 1. The van der Waals surface area contributed by atoms with E-state index in [-0.39, 0.29) is 11.9 Å². The van der Waals surface area contributed by atoms with E-state index in [4.69, 9.17) is 0 Å². The summed E-state index contributed by atoms with van der Waals surface area (Å²) < 4.78 is 1.04. The van der Waals surface area contributed by atoms with E-state index in [0.29, 0.717) is 4.83 Å². The Hall–Kier alpha value is -0.350. The largest absolute Gasteiger partial charge is 0.348 e. The van der Waals surface area contributed by atoms with Gasteiger partial charge in [-0.1, -0.05) is 38.3 Å². The highest BCUT2D eigenvalue weighted by atomic mass is 79.9. The monoisotopic (exact) mass is 359 g/mol. The van der Waals surface area contributed by atoms with Crippen LogP contribution < -0.4 is 5.32 Å². The van der Waals surface area contributed by atoms with Crippen molar-refractivity contribution >= 4 is 37.8 Å². The Kier molecular flexibility index (Phi) is 4.26. The van der Waals surface area contributed by atoms with Crippen LogP contribution in [0.3, 0.4) is 0 Å². The number of alkyl halides is 1. The van der Waals surface area contributed by atoms with Crippen molar-refractivity contribution in [1.29, 1.82) is 0 Å². The van der Waals surface area contributed by atoms with Crippen LogP contribution in [0, 0.1) is 6.92 Å². The number of hydrogen-bond donors (Lipinski definition) is 1. The molecule has 17 heavy (non-hydrogen) atoms. The van der Waals surface area contributed by atoms with Crippen LogP contribution in [-0.2, 0) is 0 Å². The second-order valence-corrected chi connectivity index (χ2v) is 6.52. The molecule has 1 fully saturated rings. The van der Waals surface area contributed by atoms with E-state index in [1.807, 2.05) is 25.1 Å². The third-order valence-corrected chi connectivity index (χ3v) is 5.15. The molecule has 0 radical (unpaired) electrons. The summed E-state index contributed by atoms with van der Waals surface area (Å²) in [6.45, 7) is 1.99. The van der Waals surface area contributed by atoms with E-state index >= 15 is 0 Å². The average molecular weight is 361 g/mol. The van der Waals surface area contributed by atoms with Crippen LogP contribution in [0.1, 0.15) is 35.2 Å². The first kappa shape index (κ1) is 13.1. The Labute approximate surface area is 118 Å². The van der Waals surface area contributed by atoms with E-state index in [9.17, 15) is 4.79 Å². The maximum Gasteiger partial charge on any atom is 0.251 e.